The fourth-order valence-corrected chi connectivity index (χ4v) is 4.93. The number of ketones is 1. The molecule has 0 fully saturated rings. The summed E-state index contributed by atoms with van der Waals surface area (Å²) in [6, 6.07) is 5.20. The van der Waals surface area contributed by atoms with E-state index in [4.69, 9.17) is 29.5 Å². The van der Waals surface area contributed by atoms with Crippen molar-refractivity contribution in [2.24, 2.45) is 0 Å². The number of benzene rings is 2. The zero-order valence-electron chi connectivity index (χ0n) is 23.4. The molecule has 12 heteroatoms. The molecule has 1 unspecified atom stereocenters. The zero-order valence-corrected chi connectivity index (χ0v) is 25.1. The Balaban J connectivity index is 0.00000441. The number of ether oxygens (including phenoxy) is 4. The van der Waals surface area contributed by atoms with Gasteiger partial charge < -0.3 is 33.9 Å². The number of fused-ring (bicyclic) bond motifs is 2. The van der Waals surface area contributed by atoms with Gasteiger partial charge in [-0.3, -0.25) is 10.2 Å². The third-order valence-corrected chi connectivity index (χ3v) is 6.84. The van der Waals surface area contributed by atoms with Crippen LogP contribution in [0.3, 0.4) is 0 Å². The maximum absolute atomic E-state index is 15.2. The van der Waals surface area contributed by atoms with Gasteiger partial charge in [-0.15, -0.1) is 17.0 Å². The Bertz CT molecular complexity index is 1330. The number of nitrogens with one attached hydrogen (secondary N) is 1. The molecule has 2 aliphatic rings. The molecule has 0 saturated carbocycles. The normalized spacial score (nSPS) is 16.1. The fourth-order valence-electron chi connectivity index (χ4n) is 4.93. The van der Waals surface area contributed by atoms with Crippen LogP contribution in [0.25, 0.3) is 0 Å². The van der Waals surface area contributed by atoms with Crippen molar-refractivity contribution in [3.8, 4) is 17.2 Å². The minimum absolute atomic E-state index is 0. The van der Waals surface area contributed by atoms with Gasteiger partial charge in [0.05, 0.1) is 45.2 Å². The van der Waals surface area contributed by atoms with Crippen LogP contribution >= 0.6 is 17.0 Å². The molecule has 2 N–H and O–H groups in total. The molecule has 218 valence electrons. The predicted octanol–water partition coefficient (Wildman–Crippen LogP) is 4.04. The SMILES string of the molecule is Br.COc1cc2c(c(F)c1OC)C(=N)N(CC(=O)c1cc3c(c(C(C)(C)C)c1)OC(COCC(=O)O)CN3C)C2. The van der Waals surface area contributed by atoms with Crippen molar-refractivity contribution in [2.45, 2.75) is 38.8 Å². The van der Waals surface area contributed by atoms with Crippen LogP contribution in [0.1, 0.15) is 47.8 Å². The van der Waals surface area contributed by atoms with Gasteiger partial charge >= 0.3 is 5.97 Å². The smallest absolute Gasteiger partial charge is 0.329 e. The predicted molar refractivity (Wildman–Crippen MR) is 153 cm³/mol. The van der Waals surface area contributed by atoms with E-state index in [1.165, 1.54) is 19.1 Å². The second kappa shape index (κ2) is 12.0. The number of carboxylic acids is 1. The first-order valence-corrected chi connectivity index (χ1v) is 12.5. The van der Waals surface area contributed by atoms with Gasteiger partial charge in [-0.25, -0.2) is 9.18 Å². The summed E-state index contributed by atoms with van der Waals surface area (Å²) in [5, 5.41) is 17.4. The molecule has 0 spiro atoms. The molecule has 0 bridgehead atoms. The number of aliphatic carboxylic acids is 1. The number of Topliss-reactive ketones (excluding diaryl/α,β-unsaturated/α-hetero) is 1. The highest BCUT2D eigenvalue weighted by Crippen LogP contribution is 2.43. The fraction of sp³-hybridized carbons (Fsp3) is 0.464. The highest BCUT2D eigenvalue weighted by Gasteiger charge is 2.35. The quantitative estimate of drug-likeness (QED) is 0.399. The lowest BCUT2D eigenvalue weighted by Gasteiger charge is -2.37. The number of carbonyl (C=O) groups excluding carboxylic acids is 1. The molecule has 4 rings (SSSR count). The lowest BCUT2D eigenvalue weighted by Crippen LogP contribution is -2.42. The third kappa shape index (κ3) is 6.02. The average molecular weight is 625 g/mol. The summed E-state index contributed by atoms with van der Waals surface area (Å²) < 4.78 is 37.0. The summed E-state index contributed by atoms with van der Waals surface area (Å²) in [4.78, 5) is 27.9. The molecule has 2 heterocycles. The van der Waals surface area contributed by atoms with Gasteiger partial charge in [0, 0.05) is 24.7 Å². The van der Waals surface area contributed by atoms with Crippen molar-refractivity contribution in [3.05, 3.63) is 46.3 Å². The Hall–Kier alpha value is -3.38. The van der Waals surface area contributed by atoms with Crippen LogP contribution in [0, 0.1) is 11.2 Å². The summed E-state index contributed by atoms with van der Waals surface area (Å²) in [5.41, 5.74) is 2.28. The monoisotopic (exact) mass is 623 g/mol. The van der Waals surface area contributed by atoms with Gasteiger partial charge in [0.2, 0.25) is 0 Å². The first kappa shape index (κ1) is 31.2. The standard InChI is InChI=1S/C28H34FN3O7.BrH/c1-28(2,3)18-7-15(8-19-25(18)39-17(11-31(19)4)13-38-14-22(34)35)20(33)12-32-10-16-9-21(36-5)26(37-6)24(29)23(16)27(32)30;/h7-9,17,30H,10-14H2,1-6H3,(H,34,35);1H. The number of nitrogens with zero attached hydrogens (tertiary/aromatic N) is 2. The molecule has 0 aliphatic carbocycles. The second-order valence-electron chi connectivity index (χ2n) is 10.7. The Morgan fingerprint density at radius 3 is 2.50 bits per heavy atom. The number of carboxylic acid groups (broad SMARTS) is 1. The maximum atomic E-state index is 15.2. The Morgan fingerprint density at radius 2 is 1.90 bits per heavy atom. The molecule has 2 aliphatic heterocycles. The number of carbonyl (C=O) groups is 2. The van der Waals surface area contributed by atoms with Crippen LogP contribution in [0.15, 0.2) is 18.2 Å². The summed E-state index contributed by atoms with van der Waals surface area (Å²) >= 11 is 0. The van der Waals surface area contributed by atoms with Gasteiger partial charge in [-0.1, -0.05) is 20.8 Å². The molecular weight excluding hydrogens is 589 g/mol. The largest absolute Gasteiger partial charge is 0.493 e. The van der Waals surface area contributed by atoms with Crippen molar-refractivity contribution >= 4 is 40.3 Å². The van der Waals surface area contributed by atoms with Crippen LogP contribution in [0.5, 0.6) is 17.2 Å². The molecule has 1 atom stereocenters. The number of methoxy groups -OCH3 is 2. The van der Waals surface area contributed by atoms with Gasteiger partial charge in [-0.05, 0) is 29.2 Å². The van der Waals surface area contributed by atoms with Gasteiger partial charge in [0.25, 0.3) is 0 Å². The summed E-state index contributed by atoms with van der Waals surface area (Å²) in [7, 11) is 4.63. The second-order valence-corrected chi connectivity index (χ2v) is 10.7. The molecule has 0 amide bonds. The topological polar surface area (TPSA) is 122 Å². The van der Waals surface area contributed by atoms with E-state index in [9.17, 15) is 9.59 Å². The zero-order chi connectivity index (χ0) is 28.6. The van der Waals surface area contributed by atoms with Crippen LogP contribution in [-0.4, -0.2) is 81.3 Å². The summed E-state index contributed by atoms with van der Waals surface area (Å²) in [6.07, 6.45) is -0.378. The molecule has 0 aromatic heterocycles. The molecule has 2 aromatic rings. The Kier molecular flexibility index (Phi) is 9.35. The average Bonchev–Trinajstić information content (AvgIpc) is 3.17. The Labute approximate surface area is 243 Å². The molecular formula is C28H35BrFN3O7. The van der Waals surface area contributed by atoms with E-state index in [2.05, 4.69) is 0 Å². The number of amidine groups is 1. The highest BCUT2D eigenvalue weighted by atomic mass is 79.9. The first-order chi connectivity index (χ1) is 18.3. The molecule has 40 heavy (non-hydrogen) atoms. The van der Waals surface area contributed by atoms with E-state index in [0.717, 1.165) is 11.3 Å². The van der Waals surface area contributed by atoms with Gasteiger partial charge in [-0.2, -0.15) is 0 Å². The molecule has 10 nitrogen and oxygen atoms in total. The van der Waals surface area contributed by atoms with Gasteiger partial charge in [0.1, 0.15) is 24.3 Å². The number of anilines is 1. The van der Waals surface area contributed by atoms with Crippen molar-refractivity contribution in [1.82, 2.24) is 4.90 Å². The molecule has 0 radical (unpaired) electrons. The number of hydrogen-bond acceptors (Lipinski definition) is 8. The number of likely N-dealkylation sites (N-methyl/N-ethyl adjacent to an activating group) is 1. The van der Waals surface area contributed by atoms with Crippen molar-refractivity contribution in [3.63, 3.8) is 0 Å². The minimum atomic E-state index is -1.05. The van der Waals surface area contributed by atoms with Crippen molar-refractivity contribution < 1.29 is 38.0 Å². The Morgan fingerprint density at radius 1 is 1.20 bits per heavy atom. The van der Waals surface area contributed by atoms with E-state index in [1.807, 2.05) is 32.7 Å². The van der Waals surface area contributed by atoms with Crippen LogP contribution in [0.2, 0.25) is 0 Å². The lowest BCUT2D eigenvalue weighted by molar-refractivity contribution is -0.143. The van der Waals surface area contributed by atoms with Crippen LogP contribution in [0.4, 0.5) is 10.1 Å². The third-order valence-electron chi connectivity index (χ3n) is 6.84. The highest BCUT2D eigenvalue weighted by molar-refractivity contribution is 8.93. The van der Waals surface area contributed by atoms with E-state index in [-0.39, 0.29) is 76.9 Å². The van der Waals surface area contributed by atoms with Crippen molar-refractivity contribution in [1.29, 1.82) is 5.41 Å². The van der Waals surface area contributed by atoms with Gasteiger partial charge in [0.15, 0.2) is 23.1 Å². The maximum Gasteiger partial charge on any atom is 0.329 e. The van der Waals surface area contributed by atoms with E-state index >= 15 is 4.39 Å². The molecule has 2 aromatic carbocycles. The van der Waals surface area contributed by atoms with Crippen LogP contribution < -0.4 is 19.1 Å². The van der Waals surface area contributed by atoms with Crippen LogP contribution in [-0.2, 0) is 21.5 Å². The number of hydrogen-bond donors (Lipinski definition) is 2. The number of halogens is 2. The minimum Gasteiger partial charge on any atom is -0.493 e. The number of rotatable bonds is 9. The lowest BCUT2D eigenvalue weighted by atomic mass is 9.84. The van der Waals surface area contributed by atoms with E-state index < -0.39 is 18.4 Å². The molecule has 0 saturated heterocycles. The van der Waals surface area contributed by atoms with E-state index in [0.29, 0.717) is 23.4 Å². The first-order valence-electron chi connectivity index (χ1n) is 12.5. The van der Waals surface area contributed by atoms with E-state index in [1.54, 1.807) is 18.2 Å². The van der Waals surface area contributed by atoms with Crippen molar-refractivity contribution in [2.75, 3.05) is 52.5 Å². The summed E-state index contributed by atoms with van der Waals surface area (Å²) in [5.74, 6) is -1.26. The summed E-state index contributed by atoms with van der Waals surface area (Å²) in [6.45, 7) is 6.27.